The van der Waals surface area contributed by atoms with Crippen molar-refractivity contribution in [3.05, 3.63) is 27.3 Å². The number of carboxylic acid groups (broad SMARTS) is 1. The first-order valence-corrected chi connectivity index (χ1v) is 7.67. The van der Waals surface area contributed by atoms with Gasteiger partial charge in [-0.05, 0) is 72.6 Å². The molecule has 1 aliphatic rings. The molecule has 1 fully saturated rings. The molecule has 5 nitrogen and oxygen atoms in total. The number of nitrogens with one attached hydrogen (secondary N) is 2. The average Bonchev–Trinajstić information content (AvgIpc) is 2.41. The summed E-state index contributed by atoms with van der Waals surface area (Å²) in [6.45, 7) is 1.87. The molecule has 0 bridgehead atoms. The highest BCUT2D eigenvalue weighted by Crippen LogP contribution is 2.21. The van der Waals surface area contributed by atoms with Crippen LogP contribution in [0.3, 0.4) is 0 Å². The Labute approximate surface area is 131 Å². The number of carbonyl (C=O) groups excluding carboxylic acids is 1. The largest absolute Gasteiger partial charge is 0.478 e. The van der Waals surface area contributed by atoms with Gasteiger partial charge in [0.15, 0.2) is 0 Å². The zero-order valence-electron chi connectivity index (χ0n) is 11.0. The van der Waals surface area contributed by atoms with Gasteiger partial charge < -0.3 is 15.7 Å². The summed E-state index contributed by atoms with van der Waals surface area (Å²) in [5.74, 6) is -0.818. The predicted molar refractivity (Wildman–Crippen MR) is 85.0 cm³/mol. The number of benzene rings is 1. The van der Waals surface area contributed by atoms with Crippen molar-refractivity contribution in [2.24, 2.45) is 5.92 Å². The first kappa shape index (κ1) is 15.2. The Kier molecular flexibility index (Phi) is 5.36. The molecule has 1 heterocycles. The zero-order valence-corrected chi connectivity index (χ0v) is 13.1. The van der Waals surface area contributed by atoms with Crippen LogP contribution in [0.2, 0.25) is 0 Å². The van der Waals surface area contributed by atoms with Crippen LogP contribution in [0.1, 0.15) is 29.6 Å². The van der Waals surface area contributed by atoms with Gasteiger partial charge in [0.05, 0.1) is 11.3 Å². The van der Waals surface area contributed by atoms with Gasteiger partial charge in [0.1, 0.15) is 0 Å². The van der Waals surface area contributed by atoms with Crippen molar-refractivity contribution in [1.82, 2.24) is 5.32 Å². The number of amides is 1. The maximum absolute atomic E-state index is 12.0. The first-order chi connectivity index (χ1) is 9.56. The average molecular weight is 388 g/mol. The summed E-state index contributed by atoms with van der Waals surface area (Å²) in [6.07, 6.45) is 2.55. The van der Waals surface area contributed by atoms with Gasteiger partial charge >= 0.3 is 5.97 Å². The summed E-state index contributed by atoms with van der Waals surface area (Å²) in [4.78, 5) is 23.2. The molecule has 1 atom stereocenters. The second kappa shape index (κ2) is 7.03. The molecule has 6 heteroatoms. The van der Waals surface area contributed by atoms with Gasteiger partial charge in [-0.2, -0.15) is 0 Å². The van der Waals surface area contributed by atoms with E-state index in [1.165, 1.54) is 0 Å². The Morgan fingerprint density at radius 2 is 2.25 bits per heavy atom. The lowest BCUT2D eigenvalue weighted by atomic mass is 9.96. The molecule has 1 aliphatic heterocycles. The van der Waals surface area contributed by atoms with Crippen molar-refractivity contribution in [2.75, 3.05) is 18.4 Å². The van der Waals surface area contributed by atoms with E-state index >= 15 is 0 Å². The second-order valence-corrected chi connectivity index (χ2v) is 6.21. The van der Waals surface area contributed by atoms with Gasteiger partial charge in [0.2, 0.25) is 5.91 Å². The summed E-state index contributed by atoms with van der Waals surface area (Å²) in [5, 5.41) is 15.1. The Bertz CT molecular complexity index is 513. The normalized spacial score (nSPS) is 18.6. The second-order valence-electron chi connectivity index (χ2n) is 4.96. The molecule has 1 aromatic carbocycles. The van der Waals surface area contributed by atoms with Crippen molar-refractivity contribution in [3.8, 4) is 0 Å². The highest BCUT2D eigenvalue weighted by atomic mass is 127. The molecular formula is C14H17IN2O3. The predicted octanol–water partition coefficient (Wildman–Crippen LogP) is 2.32. The van der Waals surface area contributed by atoms with Crippen molar-refractivity contribution < 1.29 is 14.7 Å². The Balaban J connectivity index is 2.01. The Hall–Kier alpha value is -1.15. The van der Waals surface area contributed by atoms with E-state index in [9.17, 15) is 9.59 Å². The van der Waals surface area contributed by atoms with Crippen LogP contribution in [-0.2, 0) is 4.79 Å². The van der Waals surface area contributed by atoms with Crippen LogP contribution in [0, 0.1) is 9.49 Å². The number of piperidine rings is 1. The number of aromatic carboxylic acids is 1. The topological polar surface area (TPSA) is 78.4 Å². The minimum atomic E-state index is -1.03. The van der Waals surface area contributed by atoms with Crippen LogP contribution in [0.25, 0.3) is 0 Å². The third-order valence-corrected chi connectivity index (χ3v) is 4.03. The van der Waals surface area contributed by atoms with Crippen LogP contribution < -0.4 is 10.6 Å². The van der Waals surface area contributed by atoms with Gasteiger partial charge in [0, 0.05) is 9.99 Å². The van der Waals surface area contributed by atoms with E-state index < -0.39 is 5.97 Å². The van der Waals surface area contributed by atoms with E-state index in [1.54, 1.807) is 18.2 Å². The molecule has 0 radical (unpaired) electrons. The molecule has 108 valence electrons. The molecule has 20 heavy (non-hydrogen) atoms. The lowest BCUT2D eigenvalue weighted by Crippen LogP contribution is -2.32. The minimum absolute atomic E-state index is 0.123. The van der Waals surface area contributed by atoms with Crippen LogP contribution in [0.5, 0.6) is 0 Å². The van der Waals surface area contributed by atoms with E-state index in [1.807, 2.05) is 22.6 Å². The molecule has 2 rings (SSSR count). The molecule has 0 aliphatic carbocycles. The highest BCUT2D eigenvalue weighted by Gasteiger charge is 2.18. The third kappa shape index (κ3) is 4.17. The maximum atomic E-state index is 12.0. The number of anilines is 1. The summed E-state index contributed by atoms with van der Waals surface area (Å²) in [7, 11) is 0. The number of rotatable bonds is 4. The maximum Gasteiger partial charge on any atom is 0.337 e. The lowest BCUT2D eigenvalue weighted by Gasteiger charge is -2.22. The van der Waals surface area contributed by atoms with E-state index in [0.717, 1.165) is 29.5 Å². The Morgan fingerprint density at radius 3 is 2.90 bits per heavy atom. The first-order valence-electron chi connectivity index (χ1n) is 6.59. The molecule has 1 aromatic rings. The smallest absolute Gasteiger partial charge is 0.337 e. The zero-order chi connectivity index (χ0) is 14.5. The number of hydrogen-bond acceptors (Lipinski definition) is 3. The van der Waals surface area contributed by atoms with Crippen molar-refractivity contribution in [1.29, 1.82) is 0 Å². The van der Waals surface area contributed by atoms with Crippen molar-refractivity contribution in [2.45, 2.75) is 19.3 Å². The fraction of sp³-hybridized carbons (Fsp3) is 0.429. The van der Waals surface area contributed by atoms with Crippen LogP contribution >= 0.6 is 22.6 Å². The highest BCUT2D eigenvalue weighted by molar-refractivity contribution is 14.1. The molecule has 0 saturated carbocycles. The SMILES string of the molecule is O=C(CC1CCCNC1)Nc1ccc(I)cc1C(=O)O. The number of halogens is 1. The molecule has 1 saturated heterocycles. The lowest BCUT2D eigenvalue weighted by molar-refractivity contribution is -0.117. The number of hydrogen-bond donors (Lipinski definition) is 3. The molecule has 3 N–H and O–H groups in total. The number of carbonyl (C=O) groups is 2. The van der Waals surface area contributed by atoms with E-state index in [0.29, 0.717) is 18.0 Å². The monoisotopic (exact) mass is 388 g/mol. The molecule has 1 unspecified atom stereocenters. The van der Waals surface area contributed by atoms with Crippen molar-refractivity contribution in [3.63, 3.8) is 0 Å². The molecule has 0 aromatic heterocycles. The third-order valence-electron chi connectivity index (χ3n) is 3.36. The van der Waals surface area contributed by atoms with E-state index in [-0.39, 0.29) is 11.5 Å². The van der Waals surface area contributed by atoms with Gasteiger partial charge in [-0.25, -0.2) is 4.79 Å². The van der Waals surface area contributed by atoms with Gasteiger partial charge in [-0.3, -0.25) is 4.79 Å². The van der Waals surface area contributed by atoms with E-state index in [4.69, 9.17) is 5.11 Å². The van der Waals surface area contributed by atoms with Crippen LogP contribution in [-0.4, -0.2) is 30.1 Å². The van der Waals surface area contributed by atoms with Crippen LogP contribution in [0.4, 0.5) is 5.69 Å². The Morgan fingerprint density at radius 1 is 1.45 bits per heavy atom. The summed E-state index contributed by atoms with van der Waals surface area (Å²) in [5.41, 5.74) is 0.499. The summed E-state index contributed by atoms with van der Waals surface area (Å²) in [6, 6.07) is 4.98. The molecule has 0 spiro atoms. The fourth-order valence-electron chi connectivity index (χ4n) is 2.36. The summed E-state index contributed by atoms with van der Waals surface area (Å²) >= 11 is 2.05. The number of carboxylic acids is 1. The fourth-order valence-corrected chi connectivity index (χ4v) is 2.86. The van der Waals surface area contributed by atoms with Gasteiger partial charge in [0.25, 0.3) is 0 Å². The quantitative estimate of drug-likeness (QED) is 0.692. The van der Waals surface area contributed by atoms with Crippen molar-refractivity contribution >= 4 is 40.2 Å². The van der Waals surface area contributed by atoms with Gasteiger partial charge in [-0.15, -0.1) is 0 Å². The van der Waals surface area contributed by atoms with E-state index in [2.05, 4.69) is 10.6 Å². The minimum Gasteiger partial charge on any atom is -0.478 e. The standard InChI is InChI=1S/C14H17IN2O3/c15-10-3-4-12(11(7-10)14(19)20)17-13(18)6-9-2-1-5-16-8-9/h3-4,7,9,16H,1-2,5-6,8H2,(H,17,18)(H,19,20). The molecule has 1 amide bonds. The van der Waals surface area contributed by atoms with Gasteiger partial charge in [-0.1, -0.05) is 0 Å². The molecular weight excluding hydrogens is 371 g/mol. The summed E-state index contributed by atoms with van der Waals surface area (Å²) < 4.78 is 0.828. The van der Waals surface area contributed by atoms with Crippen LogP contribution in [0.15, 0.2) is 18.2 Å².